The highest BCUT2D eigenvalue weighted by atomic mass is 32.1. The molecule has 2 rings (SSSR count). The van der Waals surface area contributed by atoms with Crippen LogP contribution in [0, 0.1) is 4.77 Å². The maximum absolute atomic E-state index is 14.0. The predicted octanol–water partition coefficient (Wildman–Crippen LogP) is 1.11. The first-order valence-electron chi connectivity index (χ1n) is 17.0. The number of carbonyl (C=O) groups excluding carboxylic acids is 4. The second-order valence-corrected chi connectivity index (χ2v) is 12.0. The fourth-order valence-electron chi connectivity index (χ4n) is 5.13. The summed E-state index contributed by atoms with van der Waals surface area (Å²) < 4.78 is 4.07. The van der Waals surface area contributed by atoms with Crippen molar-refractivity contribution in [3.05, 3.63) is 52.6 Å². The van der Waals surface area contributed by atoms with E-state index in [1.807, 2.05) is 51.1 Å². The molecule has 4 atom stereocenters. The van der Waals surface area contributed by atoms with Gasteiger partial charge in [0, 0.05) is 39.0 Å². The number of likely N-dealkylation sites (N-methyl/N-ethyl adjacent to an activating group) is 1. The first-order valence-corrected chi connectivity index (χ1v) is 17.4. The standard InChI is InChI=1S/C32H52N10O4S.C2H6/c1-5-36-24(15-11-17-37-31(34)35)28(44)40-27(19-23-20-41(3)32(47)42(23)4)30(46)38-25(14-9-10-16-33)29(45)39-26(21(2)43)18-22-12-7-6-8-13-22;1-2/h6-8,12-13,20,24-27,36H,5,9-11,14-19,33H2,1-4H3,(H,38,46)(H,39,45)(H,40,44)(H4,34,35,37);1-2H3. The summed E-state index contributed by atoms with van der Waals surface area (Å²) in [4.78, 5) is 57.6. The molecule has 0 aliphatic rings. The number of amides is 3. The Morgan fingerprint density at radius 3 is 1.96 bits per heavy atom. The molecule has 274 valence electrons. The summed E-state index contributed by atoms with van der Waals surface area (Å²) in [5.41, 5.74) is 18.2. The molecule has 49 heavy (non-hydrogen) atoms. The Kier molecular flexibility index (Phi) is 20.4. The molecule has 0 bridgehead atoms. The molecule has 1 aromatic carbocycles. The van der Waals surface area contributed by atoms with Crippen LogP contribution in [0.5, 0.6) is 0 Å². The topological polar surface area (TPSA) is 217 Å². The third kappa shape index (κ3) is 15.3. The minimum absolute atomic E-state index is 0.0252. The van der Waals surface area contributed by atoms with E-state index in [9.17, 15) is 19.2 Å². The number of Topliss-reactive ketones (excluding diaryl/α,β-unsaturated/α-hetero) is 1. The van der Waals surface area contributed by atoms with E-state index in [4.69, 9.17) is 29.4 Å². The second-order valence-electron chi connectivity index (χ2n) is 11.6. The van der Waals surface area contributed by atoms with Crippen molar-refractivity contribution in [3.8, 4) is 0 Å². The maximum Gasteiger partial charge on any atom is 0.243 e. The zero-order chi connectivity index (χ0) is 36.9. The smallest absolute Gasteiger partial charge is 0.243 e. The van der Waals surface area contributed by atoms with Crippen LogP contribution < -0.4 is 38.5 Å². The summed E-state index contributed by atoms with van der Waals surface area (Å²) in [5, 5.41) is 11.8. The van der Waals surface area contributed by atoms with E-state index in [-0.39, 0.29) is 24.1 Å². The molecule has 0 fully saturated rings. The minimum atomic E-state index is -1.04. The molecule has 0 saturated carbocycles. The van der Waals surface area contributed by atoms with Crippen molar-refractivity contribution in [2.24, 2.45) is 36.3 Å². The van der Waals surface area contributed by atoms with Crippen molar-refractivity contribution in [2.75, 3.05) is 19.6 Å². The van der Waals surface area contributed by atoms with E-state index in [1.54, 1.807) is 29.4 Å². The number of carbonyl (C=O) groups is 4. The van der Waals surface area contributed by atoms with Gasteiger partial charge in [0.1, 0.15) is 12.1 Å². The molecule has 4 unspecified atom stereocenters. The number of hydrogen-bond acceptors (Lipinski definition) is 8. The highest BCUT2D eigenvalue weighted by Gasteiger charge is 2.31. The number of guanidine groups is 1. The number of hydrogen-bond donors (Lipinski definition) is 7. The van der Waals surface area contributed by atoms with Crippen LogP contribution in [0.4, 0.5) is 0 Å². The van der Waals surface area contributed by atoms with Gasteiger partial charge < -0.3 is 47.6 Å². The van der Waals surface area contributed by atoms with Gasteiger partial charge in [-0.15, -0.1) is 0 Å². The van der Waals surface area contributed by atoms with Crippen LogP contribution in [0.1, 0.15) is 71.1 Å². The molecular formula is C34H58N10O4S. The van der Waals surface area contributed by atoms with Gasteiger partial charge in [0.2, 0.25) is 17.7 Å². The van der Waals surface area contributed by atoms with Crippen LogP contribution in [-0.2, 0) is 46.1 Å². The van der Waals surface area contributed by atoms with E-state index < -0.39 is 36.0 Å². The zero-order valence-electron chi connectivity index (χ0n) is 30.0. The number of nitrogens with two attached hydrogens (primary N) is 3. The molecule has 0 radical (unpaired) electrons. The van der Waals surface area contributed by atoms with Crippen molar-refractivity contribution in [1.29, 1.82) is 0 Å². The average molecular weight is 703 g/mol. The molecule has 1 heterocycles. The van der Waals surface area contributed by atoms with Gasteiger partial charge in [0.15, 0.2) is 16.5 Å². The van der Waals surface area contributed by atoms with Crippen molar-refractivity contribution in [2.45, 2.75) is 96.8 Å². The predicted molar refractivity (Wildman–Crippen MR) is 197 cm³/mol. The molecule has 0 aliphatic carbocycles. The summed E-state index contributed by atoms with van der Waals surface area (Å²) >= 11 is 5.46. The molecule has 14 nitrogen and oxygen atoms in total. The minimum Gasteiger partial charge on any atom is -0.370 e. The highest BCUT2D eigenvalue weighted by Crippen LogP contribution is 2.11. The molecule has 0 aliphatic heterocycles. The zero-order valence-corrected chi connectivity index (χ0v) is 30.8. The van der Waals surface area contributed by atoms with E-state index in [1.165, 1.54) is 6.92 Å². The largest absolute Gasteiger partial charge is 0.370 e. The third-order valence-corrected chi connectivity index (χ3v) is 8.35. The lowest BCUT2D eigenvalue weighted by Crippen LogP contribution is -2.58. The number of aliphatic imine (C=N–C) groups is 1. The fourth-order valence-corrected chi connectivity index (χ4v) is 5.30. The molecule has 15 heteroatoms. The van der Waals surface area contributed by atoms with Gasteiger partial charge in [-0.1, -0.05) is 51.1 Å². The Balaban J connectivity index is 0.00000589. The van der Waals surface area contributed by atoms with Crippen LogP contribution >= 0.6 is 12.2 Å². The lowest BCUT2D eigenvalue weighted by molar-refractivity contribution is -0.133. The Hall–Kier alpha value is -4.08. The van der Waals surface area contributed by atoms with Crippen molar-refractivity contribution in [1.82, 2.24) is 30.4 Å². The SMILES string of the molecule is CC.CCNC(CCCN=C(N)N)C(=O)NC(Cc1cn(C)c(=S)n1C)C(=O)NC(CCCCN)C(=O)NC(Cc1ccccc1)C(C)=O. The summed E-state index contributed by atoms with van der Waals surface area (Å²) in [6.45, 7) is 8.61. The van der Waals surface area contributed by atoms with E-state index in [0.717, 1.165) is 5.56 Å². The first kappa shape index (κ1) is 42.9. The van der Waals surface area contributed by atoms with Gasteiger partial charge in [0.05, 0.1) is 12.1 Å². The van der Waals surface area contributed by atoms with Gasteiger partial charge in [0.25, 0.3) is 0 Å². The molecular weight excluding hydrogens is 645 g/mol. The first-order chi connectivity index (χ1) is 23.4. The molecule has 10 N–H and O–H groups in total. The van der Waals surface area contributed by atoms with Crippen molar-refractivity contribution in [3.63, 3.8) is 0 Å². The third-order valence-electron chi connectivity index (χ3n) is 7.79. The molecule has 0 saturated heterocycles. The van der Waals surface area contributed by atoms with Crippen LogP contribution in [-0.4, -0.2) is 82.4 Å². The lowest BCUT2D eigenvalue weighted by Gasteiger charge is -2.26. The number of unbranched alkanes of at least 4 members (excludes halogenated alkanes) is 1. The number of nitrogens with one attached hydrogen (secondary N) is 4. The Bertz CT molecular complexity index is 1410. The van der Waals surface area contributed by atoms with Gasteiger partial charge in [-0.05, 0) is 76.3 Å². The Morgan fingerprint density at radius 2 is 1.41 bits per heavy atom. The fraction of sp³-hybridized carbons (Fsp3) is 0.588. The van der Waals surface area contributed by atoms with Crippen molar-refractivity contribution < 1.29 is 19.2 Å². The van der Waals surface area contributed by atoms with E-state index in [0.29, 0.717) is 68.6 Å². The lowest BCUT2D eigenvalue weighted by atomic mass is 10.0. The number of nitrogens with zero attached hydrogens (tertiary/aromatic N) is 3. The normalized spacial score (nSPS) is 13.1. The summed E-state index contributed by atoms with van der Waals surface area (Å²) in [7, 11) is 3.59. The quantitative estimate of drug-likeness (QED) is 0.0429. The monoisotopic (exact) mass is 702 g/mol. The summed E-state index contributed by atoms with van der Waals surface area (Å²) in [6, 6.07) is 5.99. The number of ketones is 1. The van der Waals surface area contributed by atoms with Crippen LogP contribution in [0.25, 0.3) is 0 Å². The number of rotatable bonds is 21. The number of imidazole rings is 1. The maximum atomic E-state index is 14.0. The van der Waals surface area contributed by atoms with Gasteiger partial charge in [-0.25, -0.2) is 0 Å². The van der Waals surface area contributed by atoms with Gasteiger partial charge >= 0.3 is 0 Å². The van der Waals surface area contributed by atoms with Crippen molar-refractivity contribution >= 4 is 41.7 Å². The number of aromatic nitrogens is 2. The van der Waals surface area contributed by atoms with Crippen LogP contribution in [0.3, 0.4) is 0 Å². The average Bonchev–Trinajstić information content (AvgIpc) is 3.31. The molecule has 0 spiro atoms. The molecule has 3 amide bonds. The molecule has 2 aromatic rings. The highest BCUT2D eigenvalue weighted by molar-refractivity contribution is 7.71. The number of benzene rings is 1. The Morgan fingerprint density at radius 1 is 0.837 bits per heavy atom. The number of aryl methyl sites for hydroxylation is 1. The van der Waals surface area contributed by atoms with Crippen LogP contribution in [0.15, 0.2) is 41.5 Å². The summed E-state index contributed by atoms with van der Waals surface area (Å²) in [6.07, 6.45) is 4.71. The van der Waals surface area contributed by atoms with Gasteiger partial charge in [-0.3, -0.25) is 24.2 Å². The van der Waals surface area contributed by atoms with E-state index in [2.05, 4.69) is 26.3 Å². The van der Waals surface area contributed by atoms with Gasteiger partial charge in [-0.2, -0.15) is 0 Å². The summed E-state index contributed by atoms with van der Waals surface area (Å²) in [5.74, 6) is -1.63. The van der Waals surface area contributed by atoms with Crippen LogP contribution in [0.2, 0.25) is 0 Å². The Labute approximate surface area is 296 Å². The molecule has 1 aromatic heterocycles. The second kappa shape index (κ2) is 23.3. The van der Waals surface area contributed by atoms with E-state index >= 15 is 0 Å².